The second kappa shape index (κ2) is 8.28. The van der Waals surface area contributed by atoms with Crippen molar-refractivity contribution in [2.75, 3.05) is 13.7 Å². The Morgan fingerprint density at radius 3 is 2.29 bits per heavy atom. The van der Waals surface area contributed by atoms with E-state index in [1.165, 1.54) is 0 Å². The summed E-state index contributed by atoms with van der Waals surface area (Å²) in [6, 6.07) is 0.218. The molecule has 138 valence electrons. The second-order valence-electron chi connectivity index (χ2n) is 7.83. The minimum Gasteiger partial charge on any atom is -0.395 e. The molecule has 1 aliphatic carbocycles. The van der Waals surface area contributed by atoms with E-state index in [1.54, 1.807) is 0 Å². The molecule has 1 fully saturated rings. The Balaban J connectivity index is 2.85. The molecular formula is C19H34N2O3. The van der Waals surface area contributed by atoms with Gasteiger partial charge in [-0.2, -0.15) is 0 Å². The fourth-order valence-corrected chi connectivity index (χ4v) is 2.86. The van der Waals surface area contributed by atoms with Gasteiger partial charge >= 0.3 is 0 Å². The Kier molecular flexibility index (Phi) is 7.20. The van der Waals surface area contributed by atoms with E-state index in [4.69, 9.17) is 0 Å². The van der Waals surface area contributed by atoms with Gasteiger partial charge in [-0.25, -0.2) is 0 Å². The highest BCUT2D eigenvalue weighted by atomic mass is 16.3. The molecule has 0 heterocycles. The van der Waals surface area contributed by atoms with Gasteiger partial charge in [-0.15, -0.1) is 0 Å². The molecule has 0 aromatic heterocycles. The molecule has 1 aliphatic rings. The van der Waals surface area contributed by atoms with Crippen molar-refractivity contribution in [1.29, 1.82) is 0 Å². The van der Waals surface area contributed by atoms with E-state index in [1.807, 2.05) is 45.7 Å². The Hall–Kier alpha value is -1.17. The third-order valence-corrected chi connectivity index (χ3v) is 5.30. The van der Waals surface area contributed by atoms with Crippen LogP contribution in [-0.4, -0.2) is 52.9 Å². The first-order valence-electron chi connectivity index (χ1n) is 8.70. The van der Waals surface area contributed by atoms with Crippen molar-refractivity contribution in [3.8, 4) is 0 Å². The first-order chi connectivity index (χ1) is 11.1. The molecule has 0 saturated heterocycles. The predicted molar refractivity (Wildman–Crippen MR) is 97.4 cm³/mol. The lowest BCUT2D eigenvalue weighted by Crippen LogP contribution is -2.59. The summed E-state index contributed by atoms with van der Waals surface area (Å²) in [5, 5.41) is 22.5. The van der Waals surface area contributed by atoms with E-state index in [-0.39, 0.29) is 18.8 Å². The molecule has 1 unspecified atom stereocenters. The van der Waals surface area contributed by atoms with E-state index < -0.39 is 11.1 Å². The Labute approximate surface area is 146 Å². The van der Waals surface area contributed by atoms with Gasteiger partial charge in [0.1, 0.15) is 5.66 Å². The van der Waals surface area contributed by atoms with Crippen LogP contribution in [0.15, 0.2) is 23.9 Å². The van der Waals surface area contributed by atoms with Crippen molar-refractivity contribution >= 4 is 6.29 Å². The van der Waals surface area contributed by atoms with Crippen LogP contribution in [0.5, 0.6) is 0 Å². The molecule has 0 spiro atoms. The van der Waals surface area contributed by atoms with Crippen LogP contribution >= 0.6 is 0 Å². The molecule has 0 aromatic rings. The molecule has 5 nitrogen and oxygen atoms in total. The van der Waals surface area contributed by atoms with E-state index in [9.17, 15) is 15.0 Å². The van der Waals surface area contributed by atoms with Crippen LogP contribution in [0.2, 0.25) is 0 Å². The van der Waals surface area contributed by atoms with Crippen LogP contribution in [0.3, 0.4) is 0 Å². The monoisotopic (exact) mass is 338 g/mol. The normalized spacial score (nSPS) is 25.0. The van der Waals surface area contributed by atoms with E-state index in [0.717, 1.165) is 43.2 Å². The summed E-state index contributed by atoms with van der Waals surface area (Å²) < 4.78 is 0. The lowest BCUT2D eigenvalue weighted by Gasteiger charge is -2.41. The van der Waals surface area contributed by atoms with Crippen LogP contribution in [0.25, 0.3) is 0 Å². The Bertz CT molecular complexity index is 479. The van der Waals surface area contributed by atoms with Gasteiger partial charge in [0.05, 0.1) is 12.7 Å². The fourth-order valence-electron chi connectivity index (χ4n) is 2.86. The smallest absolute Gasteiger partial charge is 0.160 e. The number of nitrogens with zero attached hydrogens (tertiary/aromatic N) is 1. The van der Waals surface area contributed by atoms with Gasteiger partial charge in [-0.05, 0) is 51.2 Å². The number of aldehydes is 1. The number of allylic oxidation sites excluding steroid dienone is 2. The molecule has 3 N–H and O–H groups in total. The third kappa shape index (κ3) is 5.16. The van der Waals surface area contributed by atoms with Crippen LogP contribution in [0.4, 0.5) is 0 Å². The lowest BCUT2D eigenvalue weighted by atomic mass is 9.85. The zero-order valence-electron chi connectivity index (χ0n) is 15.8. The lowest BCUT2D eigenvalue weighted by molar-refractivity contribution is -0.118. The number of aliphatic hydroxyl groups excluding tert-OH is 2. The average Bonchev–Trinajstić information content (AvgIpc) is 2.55. The van der Waals surface area contributed by atoms with Crippen LogP contribution in [-0.2, 0) is 4.79 Å². The fraction of sp³-hybridized carbons (Fsp3) is 0.737. The summed E-state index contributed by atoms with van der Waals surface area (Å²) in [4.78, 5) is 13.7. The van der Waals surface area contributed by atoms with E-state index in [0.29, 0.717) is 0 Å². The maximum absolute atomic E-state index is 11.8. The molecule has 1 atom stereocenters. The van der Waals surface area contributed by atoms with Crippen molar-refractivity contribution in [3.63, 3.8) is 0 Å². The van der Waals surface area contributed by atoms with Gasteiger partial charge in [0.15, 0.2) is 6.29 Å². The Morgan fingerprint density at radius 2 is 1.83 bits per heavy atom. The Morgan fingerprint density at radius 1 is 1.29 bits per heavy atom. The van der Waals surface area contributed by atoms with Crippen LogP contribution < -0.4 is 5.32 Å². The highest BCUT2D eigenvalue weighted by Gasteiger charge is 2.33. The molecule has 5 heteroatoms. The van der Waals surface area contributed by atoms with E-state index >= 15 is 0 Å². The quantitative estimate of drug-likeness (QED) is 0.359. The predicted octanol–water partition coefficient (Wildman–Crippen LogP) is 2.20. The molecule has 1 rings (SSSR count). The summed E-state index contributed by atoms with van der Waals surface area (Å²) in [7, 11) is 1.88. The largest absolute Gasteiger partial charge is 0.395 e. The van der Waals surface area contributed by atoms with E-state index in [2.05, 4.69) is 11.9 Å². The second-order valence-corrected chi connectivity index (χ2v) is 7.83. The number of rotatable bonds is 8. The van der Waals surface area contributed by atoms with Crippen molar-refractivity contribution in [2.24, 2.45) is 5.41 Å². The molecule has 0 radical (unpaired) electrons. The number of carbonyl (C=O) groups is 1. The van der Waals surface area contributed by atoms with Crippen LogP contribution in [0.1, 0.15) is 53.4 Å². The highest BCUT2D eigenvalue weighted by molar-refractivity contribution is 5.63. The molecular weight excluding hydrogens is 304 g/mol. The number of hydrogen-bond acceptors (Lipinski definition) is 5. The minimum atomic E-state index is -0.822. The molecule has 0 aromatic carbocycles. The summed E-state index contributed by atoms with van der Waals surface area (Å²) in [6.07, 6.45) is 5.91. The molecule has 0 aliphatic heterocycles. The summed E-state index contributed by atoms with van der Waals surface area (Å²) in [5.74, 6) is 0. The maximum atomic E-state index is 11.8. The summed E-state index contributed by atoms with van der Waals surface area (Å²) >= 11 is 0. The summed E-state index contributed by atoms with van der Waals surface area (Å²) in [5.41, 5.74) is 0.506. The van der Waals surface area contributed by atoms with Gasteiger partial charge in [0.2, 0.25) is 0 Å². The van der Waals surface area contributed by atoms with Crippen molar-refractivity contribution in [3.05, 3.63) is 23.9 Å². The number of carbonyl (C=O) groups excluding carboxylic acids is 1. The standard InChI is InChI=1S/C19H34N2O3/c1-14(18(3,4)12-22)11-15(2)21(6)19(5,13-23)20-16-7-9-17(24)10-8-16/h11,13,16-17,20,22,24H,1,7-10,12H2,2-6H3/b15-11+. The number of nitrogens with one attached hydrogen (secondary N) is 1. The molecule has 0 amide bonds. The summed E-state index contributed by atoms with van der Waals surface area (Å²) in [6.45, 7) is 11.7. The van der Waals surface area contributed by atoms with Crippen LogP contribution in [0, 0.1) is 5.41 Å². The highest BCUT2D eigenvalue weighted by Crippen LogP contribution is 2.28. The number of likely N-dealkylation sites (N-methyl/N-ethyl adjacent to an activating group) is 1. The first kappa shape index (κ1) is 20.9. The van der Waals surface area contributed by atoms with Gasteiger partial charge < -0.3 is 15.1 Å². The average molecular weight is 338 g/mol. The van der Waals surface area contributed by atoms with Gasteiger partial charge in [0, 0.05) is 24.2 Å². The third-order valence-electron chi connectivity index (χ3n) is 5.30. The SMILES string of the molecule is C=C(/C=C(\C)N(C)C(C)(C=O)NC1CCC(O)CC1)C(C)(C)CO. The van der Waals surface area contributed by atoms with Crippen molar-refractivity contribution < 1.29 is 15.0 Å². The van der Waals surface area contributed by atoms with Crippen molar-refractivity contribution in [2.45, 2.75) is 71.2 Å². The maximum Gasteiger partial charge on any atom is 0.160 e. The van der Waals surface area contributed by atoms with Gasteiger partial charge in [-0.1, -0.05) is 20.4 Å². The number of hydrogen-bond donors (Lipinski definition) is 3. The number of aliphatic hydroxyl groups is 2. The van der Waals surface area contributed by atoms with Gasteiger partial charge in [0.25, 0.3) is 0 Å². The van der Waals surface area contributed by atoms with Crippen molar-refractivity contribution in [1.82, 2.24) is 10.2 Å². The molecule has 24 heavy (non-hydrogen) atoms. The van der Waals surface area contributed by atoms with Gasteiger partial charge in [-0.3, -0.25) is 10.1 Å². The zero-order chi connectivity index (χ0) is 18.5. The zero-order valence-corrected chi connectivity index (χ0v) is 15.8. The molecule has 1 saturated carbocycles. The molecule has 0 bridgehead atoms. The topological polar surface area (TPSA) is 72.8 Å². The minimum absolute atomic E-state index is 0.0208. The first-order valence-corrected chi connectivity index (χ1v) is 8.70.